The first-order valence-corrected chi connectivity index (χ1v) is 6.74. The molecule has 0 saturated heterocycles. The molecule has 0 aliphatic rings. The number of hydrogen-bond acceptors (Lipinski definition) is 2. The predicted octanol–water partition coefficient (Wildman–Crippen LogP) is 5.18. The van der Waals surface area contributed by atoms with Crippen molar-refractivity contribution in [1.82, 2.24) is 0 Å². The molecule has 0 bridgehead atoms. The lowest BCUT2D eigenvalue weighted by Crippen LogP contribution is -1.87. The van der Waals surface area contributed by atoms with Crippen molar-refractivity contribution in [3.63, 3.8) is 0 Å². The van der Waals surface area contributed by atoms with Gasteiger partial charge in [0.05, 0.1) is 0 Å². The minimum atomic E-state index is 1.12. The number of para-hydroxylation sites is 2. The Bertz CT molecular complexity index is 463. The van der Waals surface area contributed by atoms with Gasteiger partial charge in [-0.05, 0) is 35.0 Å². The maximum Gasteiger partial charge on any atom is 0.0384 e. The molecule has 2 aromatic carbocycles. The summed E-state index contributed by atoms with van der Waals surface area (Å²) in [5.74, 6) is 0. The monoisotopic (exact) mass is 253 g/mol. The van der Waals surface area contributed by atoms with Gasteiger partial charge in [-0.1, -0.05) is 48.5 Å². The molecule has 3 rings (SSSR count). The van der Waals surface area contributed by atoms with Crippen LogP contribution in [-0.2, 0) is 0 Å². The van der Waals surface area contributed by atoms with E-state index in [9.17, 15) is 0 Å². The van der Waals surface area contributed by atoms with E-state index in [4.69, 9.17) is 0 Å². The first-order chi connectivity index (χ1) is 8.95. The molecule has 0 atom stereocenters. The van der Waals surface area contributed by atoms with Gasteiger partial charge in [-0.25, -0.2) is 0 Å². The molecule has 0 spiro atoms. The summed E-state index contributed by atoms with van der Waals surface area (Å²) >= 11 is 1.71. The van der Waals surface area contributed by atoms with Crippen LogP contribution in [0.15, 0.2) is 83.6 Å². The molecule has 0 aliphatic carbocycles. The SMILES string of the molecule is c1ccc(Nc2ccccc2)cc1.c1ccsc1. The Balaban J connectivity index is 0.000000202. The van der Waals surface area contributed by atoms with Gasteiger partial charge in [0.15, 0.2) is 0 Å². The minimum Gasteiger partial charge on any atom is -0.356 e. The Labute approximate surface area is 112 Å². The molecule has 3 aromatic rings. The van der Waals surface area contributed by atoms with E-state index in [0.29, 0.717) is 0 Å². The van der Waals surface area contributed by atoms with Crippen molar-refractivity contribution in [2.45, 2.75) is 0 Å². The Kier molecular flexibility index (Phi) is 5.03. The van der Waals surface area contributed by atoms with E-state index in [2.05, 4.69) is 5.32 Å². The summed E-state index contributed by atoms with van der Waals surface area (Å²) in [5, 5.41) is 7.39. The van der Waals surface area contributed by atoms with Crippen LogP contribution in [0.4, 0.5) is 11.4 Å². The van der Waals surface area contributed by atoms with E-state index < -0.39 is 0 Å². The molecule has 1 aromatic heterocycles. The zero-order valence-electron chi connectivity index (χ0n) is 9.99. The summed E-state index contributed by atoms with van der Waals surface area (Å²) in [6, 6.07) is 24.3. The Morgan fingerprint density at radius 2 is 1.00 bits per heavy atom. The van der Waals surface area contributed by atoms with Gasteiger partial charge >= 0.3 is 0 Å². The lowest BCUT2D eigenvalue weighted by atomic mass is 10.3. The maximum atomic E-state index is 3.30. The highest BCUT2D eigenvalue weighted by atomic mass is 32.1. The number of hydrogen-bond donors (Lipinski definition) is 1. The second-order valence-corrected chi connectivity index (χ2v) is 4.47. The topological polar surface area (TPSA) is 12.0 Å². The summed E-state index contributed by atoms with van der Waals surface area (Å²) in [5.41, 5.74) is 2.24. The number of nitrogens with one attached hydrogen (secondary N) is 1. The van der Waals surface area contributed by atoms with Crippen molar-refractivity contribution in [2.75, 3.05) is 5.32 Å². The molecule has 0 unspecified atom stereocenters. The highest BCUT2D eigenvalue weighted by Crippen LogP contribution is 2.14. The van der Waals surface area contributed by atoms with Crippen LogP contribution in [-0.4, -0.2) is 0 Å². The second-order valence-electron chi connectivity index (χ2n) is 3.65. The molecule has 90 valence electrons. The summed E-state index contributed by atoms with van der Waals surface area (Å²) in [6.45, 7) is 0. The third kappa shape index (κ3) is 4.44. The Hall–Kier alpha value is -2.06. The van der Waals surface area contributed by atoms with Crippen LogP contribution in [0.2, 0.25) is 0 Å². The molecule has 1 N–H and O–H groups in total. The summed E-state index contributed by atoms with van der Waals surface area (Å²) in [6.07, 6.45) is 0. The lowest BCUT2D eigenvalue weighted by molar-refractivity contribution is 1.55. The molecular formula is C16H15NS. The van der Waals surface area contributed by atoms with Gasteiger partial charge in [-0.3, -0.25) is 0 Å². The van der Waals surface area contributed by atoms with Crippen molar-refractivity contribution >= 4 is 22.7 Å². The van der Waals surface area contributed by atoms with Gasteiger partial charge in [0.1, 0.15) is 0 Å². The van der Waals surface area contributed by atoms with Crippen molar-refractivity contribution in [1.29, 1.82) is 0 Å². The first-order valence-electron chi connectivity index (χ1n) is 5.79. The average Bonchev–Trinajstić information content (AvgIpc) is 3.00. The predicted molar refractivity (Wildman–Crippen MR) is 80.5 cm³/mol. The van der Waals surface area contributed by atoms with Crippen LogP contribution in [0.25, 0.3) is 0 Å². The van der Waals surface area contributed by atoms with Crippen LogP contribution < -0.4 is 5.32 Å². The molecule has 1 nitrogen and oxygen atoms in total. The fourth-order valence-electron chi connectivity index (χ4n) is 1.44. The van der Waals surface area contributed by atoms with Gasteiger partial charge in [-0.15, -0.1) is 0 Å². The van der Waals surface area contributed by atoms with Crippen molar-refractivity contribution in [3.05, 3.63) is 83.6 Å². The number of thiophene rings is 1. The van der Waals surface area contributed by atoms with E-state index in [-0.39, 0.29) is 0 Å². The largest absolute Gasteiger partial charge is 0.356 e. The van der Waals surface area contributed by atoms with Crippen LogP contribution in [0.1, 0.15) is 0 Å². The zero-order chi connectivity index (χ0) is 12.5. The van der Waals surface area contributed by atoms with Crippen molar-refractivity contribution in [2.24, 2.45) is 0 Å². The molecule has 0 saturated carbocycles. The maximum absolute atomic E-state index is 3.30. The third-order valence-electron chi connectivity index (χ3n) is 2.26. The lowest BCUT2D eigenvalue weighted by Gasteiger charge is -2.04. The Morgan fingerprint density at radius 1 is 0.556 bits per heavy atom. The number of benzene rings is 2. The Morgan fingerprint density at radius 3 is 1.33 bits per heavy atom. The molecule has 0 radical (unpaired) electrons. The van der Waals surface area contributed by atoms with Gasteiger partial charge < -0.3 is 5.32 Å². The summed E-state index contributed by atoms with van der Waals surface area (Å²) in [4.78, 5) is 0. The van der Waals surface area contributed by atoms with Gasteiger partial charge in [0.25, 0.3) is 0 Å². The fraction of sp³-hybridized carbons (Fsp3) is 0. The highest BCUT2D eigenvalue weighted by molar-refractivity contribution is 7.07. The smallest absolute Gasteiger partial charge is 0.0384 e. The van der Waals surface area contributed by atoms with Gasteiger partial charge in [0, 0.05) is 11.4 Å². The van der Waals surface area contributed by atoms with E-state index in [1.807, 2.05) is 83.6 Å². The first kappa shape index (κ1) is 12.4. The van der Waals surface area contributed by atoms with E-state index in [0.717, 1.165) is 11.4 Å². The standard InChI is InChI=1S/C12H11N.C4H4S/c1-3-7-11(8-4-1)13-12-9-5-2-6-10-12;1-2-4-5-3-1/h1-10,13H;1-4H. The second kappa shape index (κ2) is 7.30. The average molecular weight is 253 g/mol. The molecule has 0 aliphatic heterocycles. The summed E-state index contributed by atoms with van der Waals surface area (Å²) < 4.78 is 0. The van der Waals surface area contributed by atoms with Crippen LogP contribution >= 0.6 is 11.3 Å². The quantitative estimate of drug-likeness (QED) is 0.663. The van der Waals surface area contributed by atoms with Crippen LogP contribution in [0, 0.1) is 0 Å². The molecular weight excluding hydrogens is 238 g/mol. The molecule has 0 fully saturated rings. The number of rotatable bonds is 2. The van der Waals surface area contributed by atoms with Crippen LogP contribution in [0.3, 0.4) is 0 Å². The minimum absolute atomic E-state index is 1.12. The van der Waals surface area contributed by atoms with E-state index in [1.54, 1.807) is 11.3 Å². The summed E-state index contributed by atoms with van der Waals surface area (Å²) in [7, 11) is 0. The molecule has 0 amide bonds. The van der Waals surface area contributed by atoms with Crippen molar-refractivity contribution in [3.8, 4) is 0 Å². The fourth-order valence-corrected chi connectivity index (χ4v) is 1.89. The van der Waals surface area contributed by atoms with E-state index in [1.165, 1.54) is 0 Å². The molecule has 18 heavy (non-hydrogen) atoms. The van der Waals surface area contributed by atoms with E-state index >= 15 is 0 Å². The van der Waals surface area contributed by atoms with Crippen LogP contribution in [0.5, 0.6) is 0 Å². The third-order valence-corrected chi connectivity index (χ3v) is 2.89. The zero-order valence-corrected chi connectivity index (χ0v) is 10.8. The number of anilines is 2. The molecule has 2 heteroatoms. The van der Waals surface area contributed by atoms with Gasteiger partial charge in [-0.2, -0.15) is 11.3 Å². The highest BCUT2D eigenvalue weighted by Gasteiger charge is 1.89. The van der Waals surface area contributed by atoms with Gasteiger partial charge in [0.2, 0.25) is 0 Å². The normalized spacial score (nSPS) is 9.11. The molecule has 1 heterocycles. The van der Waals surface area contributed by atoms with Crippen molar-refractivity contribution < 1.29 is 0 Å².